The SMILES string of the molecule is Cc1c(C(=O)NCC(=O)N/N=C/c2ccc(C(F)(F)F)cc2)cccc1[N+](=O)[O-]. The minimum Gasteiger partial charge on any atom is -0.343 e. The Kier molecular flexibility index (Phi) is 6.65. The maximum absolute atomic E-state index is 12.5. The van der Waals surface area contributed by atoms with Gasteiger partial charge in [0, 0.05) is 17.2 Å². The second kappa shape index (κ2) is 8.95. The molecule has 11 heteroatoms. The molecule has 2 aromatic rings. The molecule has 0 radical (unpaired) electrons. The zero-order chi connectivity index (χ0) is 21.6. The molecule has 29 heavy (non-hydrogen) atoms. The molecule has 0 aromatic heterocycles. The lowest BCUT2D eigenvalue weighted by Gasteiger charge is -2.07. The molecule has 0 saturated heterocycles. The van der Waals surface area contributed by atoms with Gasteiger partial charge in [-0.2, -0.15) is 18.3 Å². The average Bonchev–Trinajstić information content (AvgIpc) is 2.65. The van der Waals surface area contributed by atoms with Gasteiger partial charge < -0.3 is 5.32 Å². The lowest BCUT2D eigenvalue weighted by molar-refractivity contribution is -0.385. The number of nitro benzene ring substituents is 1. The fourth-order valence-corrected chi connectivity index (χ4v) is 2.30. The van der Waals surface area contributed by atoms with Crippen LogP contribution in [0.5, 0.6) is 0 Å². The molecule has 0 bridgehead atoms. The predicted octanol–water partition coefficient (Wildman–Crippen LogP) is 2.80. The molecule has 0 heterocycles. The highest BCUT2D eigenvalue weighted by Gasteiger charge is 2.29. The fraction of sp³-hybridized carbons (Fsp3) is 0.167. The first-order valence-electron chi connectivity index (χ1n) is 8.11. The van der Waals surface area contributed by atoms with Crippen molar-refractivity contribution in [2.75, 3.05) is 6.54 Å². The van der Waals surface area contributed by atoms with Crippen molar-refractivity contribution in [1.29, 1.82) is 0 Å². The molecule has 0 atom stereocenters. The van der Waals surface area contributed by atoms with Crippen molar-refractivity contribution >= 4 is 23.7 Å². The van der Waals surface area contributed by atoms with Crippen LogP contribution < -0.4 is 10.7 Å². The van der Waals surface area contributed by atoms with Crippen LogP contribution >= 0.6 is 0 Å². The van der Waals surface area contributed by atoms with Crippen molar-refractivity contribution in [3.05, 3.63) is 74.8 Å². The Morgan fingerprint density at radius 1 is 1.17 bits per heavy atom. The third-order valence-electron chi connectivity index (χ3n) is 3.80. The molecular weight excluding hydrogens is 393 g/mol. The van der Waals surface area contributed by atoms with Crippen molar-refractivity contribution in [2.24, 2.45) is 5.10 Å². The summed E-state index contributed by atoms with van der Waals surface area (Å²) in [5, 5.41) is 16.8. The molecule has 0 fully saturated rings. The molecule has 0 unspecified atom stereocenters. The van der Waals surface area contributed by atoms with Gasteiger partial charge in [-0.3, -0.25) is 19.7 Å². The molecule has 0 aliphatic heterocycles. The van der Waals surface area contributed by atoms with E-state index in [-0.39, 0.29) is 16.8 Å². The molecule has 2 amide bonds. The van der Waals surface area contributed by atoms with E-state index in [1.807, 2.05) is 0 Å². The molecule has 2 rings (SSSR count). The zero-order valence-electron chi connectivity index (χ0n) is 15.0. The van der Waals surface area contributed by atoms with Gasteiger partial charge in [-0.25, -0.2) is 5.43 Å². The number of hydrazone groups is 1. The van der Waals surface area contributed by atoms with Gasteiger partial charge in [0.15, 0.2) is 0 Å². The number of carbonyl (C=O) groups excluding carboxylic acids is 2. The van der Waals surface area contributed by atoms with Crippen LogP contribution in [0.25, 0.3) is 0 Å². The van der Waals surface area contributed by atoms with Crippen LogP contribution in [0.4, 0.5) is 18.9 Å². The van der Waals surface area contributed by atoms with Crippen molar-refractivity contribution in [2.45, 2.75) is 13.1 Å². The van der Waals surface area contributed by atoms with Crippen LogP contribution in [0.15, 0.2) is 47.6 Å². The average molecular weight is 408 g/mol. The summed E-state index contributed by atoms with van der Waals surface area (Å²) in [5.74, 6) is -1.36. The Balaban J connectivity index is 1.89. The largest absolute Gasteiger partial charge is 0.416 e. The topological polar surface area (TPSA) is 114 Å². The van der Waals surface area contributed by atoms with Crippen LogP contribution in [0.3, 0.4) is 0 Å². The lowest BCUT2D eigenvalue weighted by atomic mass is 10.1. The summed E-state index contributed by atoms with van der Waals surface area (Å²) in [4.78, 5) is 34.1. The van der Waals surface area contributed by atoms with E-state index in [2.05, 4.69) is 15.8 Å². The molecule has 0 aliphatic carbocycles. The molecular formula is C18H15F3N4O4. The first-order valence-corrected chi connectivity index (χ1v) is 8.11. The number of hydrogen-bond donors (Lipinski definition) is 2. The molecule has 152 valence electrons. The van der Waals surface area contributed by atoms with Gasteiger partial charge in [0.2, 0.25) is 0 Å². The minimum absolute atomic E-state index is 0.0558. The number of nitrogens with zero attached hydrogens (tertiary/aromatic N) is 2. The highest BCUT2D eigenvalue weighted by molar-refractivity contribution is 5.98. The Morgan fingerprint density at radius 2 is 1.83 bits per heavy atom. The third kappa shape index (κ3) is 5.86. The van der Waals surface area contributed by atoms with Crippen molar-refractivity contribution in [1.82, 2.24) is 10.7 Å². The van der Waals surface area contributed by atoms with Crippen LogP contribution in [0.1, 0.15) is 27.0 Å². The van der Waals surface area contributed by atoms with E-state index in [1.54, 1.807) is 0 Å². The summed E-state index contributed by atoms with van der Waals surface area (Å²) >= 11 is 0. The van der Waals surface area contributed by atoms with Gasteiger partial charge >= 0.3 is 6.18 Å². The summed E-state index contributed by atoms with van der Waals surface area (Å²) in [7, 11) is 0. The fourth-order valence-electron chi connectivity index (χ4n) is 2.30. The highest BCUT2D eigenvalue weighted by atomic mass is 19.4. The second-order valence-electron chi connectivity index (χ2n) is 5.80. The highest BCUT2D eigenvalue weighted by Crippen LogP contribution is 2.28. The van der Waals surface area contributed by atoms with E-state index in [4.69, 9.17) is 0 Å². The number of hydrogen-bond acceptors (Lipinski definition) is 5. The molecule has 0 spiro atoms. The smallest absolute Gasteiger partial charge is 0.343 e. The van der Waals surface area contributed by atoms with Crippen molar-refractivity contribution in [3.8, 4) is 0 Å². The number of amides is 2. The first kappa shape index (κ1) is 21.5. The monoisotopic (exact) mass is 408 g/mol. The number of nitro groups is 1. The summed E-state index contributed by atoms with van der Waals surface area (Å²) in [6.45, 7) is 0.965. The zero-order valence-corrected chi connectivity index (χ0v) is 15.0. The Morgan fingerprint density at radius 3 is 2.41 bits per heavy atom. The third-order valence-corrected chi connectivity index (χ3v) is 3.80. The Labute approximate surface area is 162 Å². The summed E-state index contributed by atoms with van der Waals surface area (Å²) in [6, 6.07) is 8.13. The lowest BCUT2D eigenvalue weighted by Crippen LogP contribution is -2.35. The number of alkyl halides is 3. The van der Waals surface area contributed by atoms with Gasteiger partial charge in [0.1, 0.15) is 0 Å². The molecule has 8 nitrogen and oxygen atoms in total. The number of halogens is 3. The van der Waals surface area contributed by atoms with Crippen molar-refractivity contribution in [3.63, 3.8) is 0 Å². The van der Waals surface area contributed by atoms with E-state index in [9.17, 15) is 32.9 Å². The van der Waals surface area contributed by atoms with Crippen LogP contribution in [-0.2, 0) is 11.0 Å². The molecule has 0 saturated carbocycles. The predicted molar refractivity (Wildman–Crippen MR) is 97.3 cm³/mol. The normalized spacial score (nSPS) is 11.3. The summed E-state index contributed by atoms with van der Waals surface area (Å²) < 4.78 is 37.4. The maximum atomic E-state index is 12.5. The number of nitrogens with one attached hydrogen (secondary N) is 2. The van der Waals surface area contributed by atoms with Gasteiger partial charge in [0.25, 0.3) is 17.5 Å². The van der Waals surface area contributed by atoms with E-state index in [1.165, 1.54) is 37.3 Å². The van der Waals surface area contributed by atoms with E-state index >= 15 is 0 Å². The van der Waals surface area contributed by atoms with Gasteiger partial charge in [-0.1, -0.05) is 18.2 Å². The summed E-state index contributed by atoms with van der Waals surface area (Å²) in [5.41, 5.74) is 1.63. The van der Waals surface area contributed by atoms with Crippen LogP contribution in [0.2, 0.25) is 0 Å². The standard InChI is InChI=1S/C18H15F3N4O4/c1-11-14(3-2-4-15(11)25(28)29)17(27)22-10-16(26)24-23-9-12-5-7-13(8-6-12)18(19,20)21/h2-9H,10H2,1H3,(H,22,27)(H,24,26)/b23-9+. The number of benzene rings is 2. The Hall–Kier alpha value is -3.76. The van der Waals surface area contributed by atoms with Crippen LogP contribution in [0, 0.1) is 17.0 Å². The number of rotatable bonds is 6. The first-order chi connectivity index (χ1) is 13.6. The maximum Gasteiger partial charge on any atom is 0.416 e. The van der Waals surface area contributed by atoms with Crippen molar-refractivity contribution < 1.29 is 27.7 Å². The van der Waals surface area contributed by atoms with Gasteiger partial charge in [0.05, 0.1) is 23.2 Å². The Bertz CT molecular complexity index is 957. The number of carbonyl (C=O) groups is 2. The van der Waals surface area contributed by atoms with Crippen LogP contribution in [-0.4, -0.2) is 29.5 Å². The van der Waals surface area contributed by atoms with E-state index < -0.39 is 35.0 Å². The van der Waals surface area contributed by atoms with Gasteiger partial charge in [-0.05, 0) is 30.7 Å². The van der Waals surface area contributed by atoms with Gasteiger partial charge in [-0.15, -0.1) is 0 Å². The molecule has 0 aliphatic rings. The quantitative estimate of drug-likeness (QED) is 0.435. The van der Waals surface area contributed by atoms with E-state index in [0.717, 1.165) is 18.3 Å². The molecule has 2 N–H and O–H groups in total. The van der Waals surface area contributed by atoms with E-state index in [0.29, 0.717) is 5.56 Å². The minimum atomic E-state index is -4.44. The molecule has 2 aromatic carbocycles. The summed E-state index contributed by atoms with van der Waals surface area (Å²) in [6.07, 6.45) is -3.30. The second-order valence-corrected chi connectivity index (χ2v) is 5.80.